The number of aryl methyl sites for hydroxylation is 1. The van der Waals surface area contributed by atoms with Gasteiger partial charge in [-0.1, -0.05) is 22.0 Å². The van der Waals surface area contributed by atoms with Crippen LogP contribution >= 0.6 is 15.9 Å². The summed E-state index contributed by atoms with van der Waals surface area (Å²) >= 11 is 3.48. The summed E-state index contributed by atoms with van der Waals surface area (Å²) in [5.41, 5.74) is 3.30. The summed E-state index contributed by atoms with van der Waals surface area (Å²) in [7, 11) is 1.68. The third-order valence-corrected chi connectivity index (χ3v) is 3.49. The lowest BCUT2D eigenvalue weighted by atomic mass is 10.1. The first kappa shape index (κ1) is 13.9. The van der Waals surface area contributed by atoms with Gasteiger partial charge >= 0.3 is 0 Å². The number of anilines is 1. The molecule has 3 nitrogen and oxygen atoms in total. The van der Waals surface area contributed by atoms with Gasteiger partial charge in [-0.3, -0.25) is 4.98 Å². The van der Waals surface area contributed by atoms with Crippen molar-refractivity contribution >= 4 is 21.6 Å². The molecule has 0 aliphatic rings. The van der Waals surface area contributed by atoms with Crippen molar-refractivity contribution in [3.8, 4) is 5.75 Å². The first-order chi connectivity index (χ1) is 9.11. The summed E-state index contributed by atoms with van der Waals surface area (Å²) in [6, 6.07) is 8.21. The Hall–Kier alpha value is -1.55. The van der Waals surface area contributed by atoms with E-state index < -0.39 is 0 Å². The van der Waals surface area contributed by atoms with E-state index in [0.717, 1.165) is 27.0 Å². The van der Waals surface area contributed by atoms with E-state index in [9.17, 15) is 0 Å². The van der Waals surface area contributed by atoms with Gasteiger partial charge in [0.2, 0.25) is 0 Å². The summed E-state index contributed by atoms with van der Waals surface area (Å²) in [5.74, 6) is 0.836. The van der Waals surface area contributed by atoms with Gasteiger partial charge in [0.1, 0.15) is 5.75 Å². The molecule has 0 aliphatic heterocycles. The average Bonchev–Trinajstić information content (AvgIpc) is 2.42. The molecule has 1 aromatic heterocycles. The van der Waals surface area contributed by atoms with Crippen LogP contribution in [0, 0.1) is 6.92 Å². The van der Waals surface area contributed by atoms with Crippen molar-refractivity contribution in [2.45, 2.75) is 19.9 Å². The predicted molar refractivity (Wildman–Crippen MR) is 81.7 cm³/mol. The molecular weight excluding hydrogens is 304 g/mol. The van der Waals surface area contributed by atoms with Crippen LogP contribution in [0.25, 0.3) is 0 Å². The van der Waals surface area contributed by atoms with Crippen LogP contribution in [0.15, 0.2) is 41.1 Å². The molecule has 0 saturated carbocycles. The molecule has 1 unspecified atom stereocenters. The van der Waals surface area contributed by atoms with Crippen LogP contribution in [-0.2, 0) is 0 Å². The quantitative estimate of drug-likeness (QED) is 0.910. The van der Waals surface area contributed by atoms with Crippen molar-refractivity contribution in [2.75, 3.05) is 12.4 Å². The zero-order valence-electron chi connectivity index (χ0n) is 11.3. The molecule has 0 aliphatic carbocycles. The van der Waals surface area contributed by atoms with Crippen molar-refractivity contribution in [1.82, 2.24) is 4.98 Å². The molecule has 100 valence electrons. The summed E-state index contributed by atoms with van der Waals surface area (Å²) < 4.78 is 6.45. The molecule has 1 aromatic carbocycles. The van der Waals surface area contributed by atoms with Gasteiger partial charge in [-0.25, -0.2) is 0 Å². The topological polar surface area (TPSA) is 34.1 Å². The number of methoxy groups -OCH3 is 1. The van der Waals surface area contributed by atoms with Crippen LogP contribution in [0.5, 0.6) is 5.75 Å². The van der Waals surface area contributed by atoms with Crippen LogP contribution in [-0.4, -0.2) is 12.1 Å². The van der Waals surface area contributed by atoms with E-state index in [1.165, 1.54) is 0 Å². The first-order valence-electron chi connectivity index (χ1n) is 6.12. The second-order valence-corrected chi connectivity index (χ2v) is 5.37. The molecule has 0 bridgehead atoms. The number of rotatable bonds is 4. The largest absolute Gasteiger partial charge is 0.495 e. The SMILES string of the molecule is COc1cc(Br)cc(C)c1NC(C)c1cccnc1. The van der Waals surface area contributed by atoms with Gasteiger partial charge < -0.3 is 10.1 Å². The van der Waals surface area contributed by atoms with Gasteiger partial charge in [-0.05, 0) is 43.2 Å². The Labute approximate surface area is 122 Å². The fraction of sp³-hybridized carbons (Fsp3) is 0.267. The van der Waals surface area contributed by atoms with E-state index in [0.29, 0.717) is 0 Å². The lowest BCUT2D eigenvalue weighted by Gasteiger charge is -2.20. The van der Waals surface area contributed by atoms with E-state index in [2.05, 4.69) is 52.2 Å². The standard InChI is InChI=1S/C15H17BrN2O/c1-10-7-13(16)8-14(19-3)15(10)18-11(2)12-5-4-6-17-9-12/h4-9,11,18H,1-3H3. The highest BCUT2D eigenvalue weighted by molar-refractivity contribution is 9.10. The fourth-order valence-corrected chi connectivity index (χ4v) is 2.54. The number of nitrogens with one attached hydrogen (secondary N) is 1. The number of benzene rings is 1. The molecule has 0 saturated heterocycles. The Bertz CT molecular complexity index is 558. The summed E-state index contributed by atoms with van der Waals surface area (Å²) in [4.78, 5) is 4.15. The maximum Gasteiger partial charge on any atom is 0.143 e. The van der Waals surface area contributed by atoms with E-state index >= 15 is 0 Å². The third kappa shape index (κ3) is 3.26. The molecule has 1 heterocycles. The van der Waals surface area contributed by atoms with Crippen LogP contribution in [0.3, 0.4) is 0 Å². The zero-order valence-corrected chi connectivity index (χ0v) is 12.9. The monoisotopic (exact) mass is 320 g/mol. The van der Waals surface area contributed by atoms with Crippen LogP contribution < -0.4 is 10.1 Å². The third-order valence-electron chi connectivity index (χ3n) is 3.03. The molecule has 2 aromatic rings. The highest BCUT2D eigenvalue weighted by atomic mass is 79.9. The number of hydrogen-bond donors (Lipinski definition) is 1. The first-order valence-corrected chi connectivity index (χ1v) is 6.91. The summed E-state index contributed by atoms with van der Waals surface area (Å²) in [6.45, 7) is 4.17. The zero-order chi connectivity index (χ0) is 13.8. The number of aromatic nitrogens is 1. The molecule has 0 fully saturated rings. The molecule has 2 rings (SSSR count). The summed E-state index contributed by atoms with van der Waals surface area (Å²) in [5, 5.41) is 3.49. The van der Waals surface area contributed by atoms with Gasteiger partial charge in [0, 0.05) is 16.9 Å². The van der Waals surface area contributed by atoms with Gasteiger partial charge in [-0.2, -0.15) is 0 Å². The molecule has 0 radical (unpaired) electrons. The average molecular weight is 321 g/mol. The summed E-state index contributed by atoms with van der Waals surface area (Å²) in [6.07, 6.45) is 3.65. The number of nitrogens with zero attached hydrogens (tertiary/aromatic N) is 1. The van der Waals surface area contributed by atoms with E-state index in [-0.39, 0.29) is 6.04 Å². The highest BCUT2D eigenvalue weighted by Crippen LogP contribution is 2.34. The number of pyridine rings is 1. The lowest BCUT2D eigenvalue weighted by Crippen LogP contribution is -2.09. The molecule has 1 N–H and O–H groups in total. The smallest absolute Gasteiger partial charge is 0.143 e. The predicted octanol–water partition coefficient (Wildman–Crippen LogP) is 4.33. The normalized spacial score (nSPS) is 12.0. The maximum absolute atomic E-state index is 5.44. The fourth-order valence-electron chi connectivity index (χ4n) is 1.99. The van der Waals surface area contributed by atoms with Gasteiger partial charge in [0.05, 0.1) is 18.8 Å². The molecule has 0 amide bonds. The minimum absolute atomic E-state index is 0.169. The van der Waals surface area contributed by atoms with Crippen molar-refractivity contribution in [1.29, 1.82) is 0 Å². The molecule has 19 heavy (non-hydrogen) atoms. The minimum atomic E-state index is 0.169. The number of ether oxygens (including phenoxy) is 1. The highest BCUT2D eigenvalue weighted by Gasteiger charge is 2.12. The Morgan fingerprint density at radius 2 is 2.16 bits per heavy atom. The molecule has 1 atom stereocenters. The molecule has 4 heteroatoms. The maximum atomic E-state index is 5.44. The Balaban J connectivity index is 2.28. The Morgan fingerprint density at radius 3 is 2.79 bits per heavy atom. The molecule has 0 spiro atoms. The number of halogens is 1. The second kappa shape index (κ2) is 6.06. The minimum Gasteiger partial charge on any atom is -0.495 e. The van der Waals surface area contributed by atoms with Crippen molar-refractivity contribution in [3.63, 3.8) is 0 Å². The van der Waals surface area contributed by atoms with Crippen molar-refractivity contribution in [2.24, 2.45) is 0 Å². The Kier molecular flexibility index (Phi) is 4.43. The van der Waals surface area contributed by atoms with Crippen LogP contribution in [0.2, 0.25) is 0 Å². The van der Waals surface area contributed by atoms with E-state index in [4.69, 9.17) is 4.74 Å². The van der Waals surface area contributed by atoms with Crippen molar-refractivity contribution < 1.29 is 4.74 Å². The lowest BCUT2D eigenvalue weighted by molar-refractivity contribution is 0.415. The van der Waals surface area contributed by atoms with Crippen LogP contribution in [0.1, 0.15) is 24.1 Å². The van der Waals surface area contributed by atoms with E-state index in [1.807, 2.05) is 18.3 Å². The van der Waals surface area contributed by atoms with Crippen molar-refractivity contribution in [3.05, 3.63) is 52.3 Å². The Morgan fingerprint density at radius 1 is 1.37 bits per heavy atom. The van der Waals surface area contributed by atoms with Crippen LogP contribution in [0.4, 0.5) is 5.69 Å². The van der Waals surface area contributed by atoms with Gasteiger partial charge in [-0.15, -0.1) is 0 Å². The molecular formula is C15H17BrN2O. The van der Waals surface area contributed by atoms with Gasteiger partial charge in [0.25, 0.3) is 0 Å². The van der Waals surface area contributed by atoms with Gasteiger partial charge in [0.15, 0.2) is 0 Å². The number of hydrogen-bond acceptors (Lipinski definition) is 3. The van der Waals surface area contributed by atoms with E-state index in [1.54, 1.807) is 13.3 Å². The second-order valence-electron chi connectivity index (χ2n) is 4.45.